The fourth-order valence-corrected chi connectivity index (χ4v) is 6.87. The molecule has 26 heteroatoms. The molecule has 1 aliphatic heterocycles. The van der Waals surface area contributed by atoms with E-state index in [1.165, 1.54) is 18.5 Å². The third-order valence-corrected chi connectivity index (χ3v) is 9.52. The zero-order valence-corrected chi connectivity index (χ0v) is 28.6. The van der Waals surface area contributed by atoms with Crippen LogP contribution in [0.25, 0.3) is 5.70 Å². The number of aliphatic hydroxyl groups excluding tert-OH is 2. The number of phosphoric acid groups is 3. The van der Waals surface area contributed by atoms with E-state index < -0.39 is 79.2 Å². The minimum absolute atomic E-state index is 0.0196. The van der Waals surface area contributed by atoms with Crippen LogP contribution in [0.2, 0.25) is 0 Å². The van der Waals surface area contributed by atoms with Crippen LogP contribution in [0.15, 0.2) is 12.9 Å². The van der Waals surface area contributed by atoms with Crippen LogP contribution < -0.4 is 21.7 Å². The number of hydrogen-bond acceptors (Lipinski definition) is 16. The number of carbonyl (C=O) groups is 2. The first kappa shape index (κ1) is 41.3. The van der Waals surface area contributed by atoms with E-state index in [0.717, 1.165) is 6.33 Å². The molecule has 7 unspecified atom stereocenters. The van der Waals surface area contributed by atoms with Gasteiger partial charge in [-0.1, -0.05) is 13.5 Å². The number of hydrogen-bond donors (Lipinski definition) is 11. The van der Waals surface area contributed by atoms with Crippen LogP contribution in [0.4, 0.5) is 5.82 Å². The van der Waals surface area contributed by atoms with Crippen molar-refractivity contribution in [1.82, 2.24) is 20.2 Å². The molecule has 0 aromatic carbocycles. The molecule has 2 heterocycles. The fourth-order valence-electron chi connectivity index (χ4n) is 4.00. The SMILES string of the molecule is C=C(N)c1ncn(C2OC(COP(=O)(O)OP(=O)(O)OC[C@H](C)C(O)C(=O)NCCC(=O)NCCS)C(OP(=O)(O)O)C2O)c1NC. The first-order chi connectivity index (χ1) is 21.7. The Balaban J connectivity index is 2.01. The molecule has 1 aliphatic rings. The second-order valence-corrected chi connectivity index (χ2v) is 14.6. The molecule has 270 valence electrons. The van der Waals surface area contributed by atoms with E-state index in [2.05, 4.69) is 58.0 Å². The van der Waals surface area contributed by atoms with Crippen LogP contribution in [0.5, 0.6) is 0 Å². The maximum atomic E-state index is 12.5. The van der Waals surface area contributed by atoms with E-state index in [4.69, 9.17) is 10.5 Å². The molecule has 1 fully saturated rings. The van der Waals surface area contributed by atoms with Crippen molar-refractivity contribution < 1.29 is 75.7 Å². The van der Waals surface area contributed by atoms with Crippen LogP contribution in [-0.4, -0.2) is 115 Å². The Morgan fingerprint density at radius 2 is 1.81 bits per heavy atom. The van der Waals surface area contributed by atoms with Gasteiger partial charge in [0.2, 0.25) is 11.8 Å². The predicted molar refractivity (Wildman–Crippen MR) is 164 cm³/mol. The molecular weight excluding hydrogens is 717 g/mol. The summed E-state index contributed by atoms with van der Waals surface area (Å²) in [4.78, 5) is 66.4. The third-order valence-electron chi connectivity index (χ3n) is 6.18. The van der Waals surface area contributed by atoms with Gasteiger partial charge in [-0.15, -0.1) is 0 Å². The summed E-state index contributed by atoms with van der Waals surface area (Å²) < 4.78 is 61.4. The highest BCUT2D eigenvalue weighted by Crippen LogP contribution is 2.61. The van der Waals surface area contributed by atoms with Gasteiger partial charge in [0.1, 0.15) is 35.9 Å². The molecule has 2 amide bonds. The molecule has 47 heavy (non-hydrogen) atoms. The number of nitrogens with two attached hydrogens (primary N) is 1. The van der Waals surface area contributed by atoms with Crippen molar-refractivity contribution in [3.05, 3.63) is 18.6 Å². The summed E-state index contributed by atoms with van der Waals surface area (Å²) in [5.74, 6) is -1.88. The molecule has 0 aliphatic carbocycles. The number of nitrogens with zero attached hydrogens (tertiary/aromatic N) is 2. The van der Waals surface area contributed by atoms with E-state index in [1.54, 1.807) is 0 Å². The van der Waals surface area contributed by atoms with Crippen molar-refractivity contribution in [2.75, 3.05) is 44.4 Å². The minimum Gasteiger partial charge on any atom is -0.397 e. The molecule has 1 aromatic heterocycles. The van der Waals surface area contributed by atoms with Crippen molar-refractivity contribution in [3.8, 4) is 0 Å². The lowest BCUT2D eigenvalue weighted by Crippen LogP contribution is -2.41. The molecule has 2 rings (SSSR count). The number of rotatable bonds is 20. The Morgan fingerprint density at radius 3 is 2.38 bits per heavy atom. The van der Waals surface area contributed by atoms with Crippen LogP contribution in [-0.2, 0) is 45.9 Å². The molecule has 1 saturated heterocycles. The average Bonchev–Trinajstić information content (AvgIpc) is 3.52. The Bertz CT molecular complexity index is 1400. The number of imidazole rings is 1. The molecule has 0 spiro atoms. The number of amides is 2. The fraction of sp³-hybridized carbons (Fsp3) is 0.667. The van der Waals surface area contributed by atoms with E-state index in [1.807, 2.05) is 0 Å². The molecule has 8 atom stereocenters. The Morgan fingerprint density at radius 1 is 1.17 bits per heavy atom. The highest BCUT2D eigenvalue weighted by atomic mass is 32.1. The van der Waals surface area contributed by atoms with Crippen LogP contribution in [0.1, 0.15) is 25.3 Å². The second-order valence-electron chi connectivity index (χ2n) is 9.89. The maximum Gasteiger partial charge on any atom is 0.481 e. The Labute approximate surface area is 273 Å². The van der Waals surface area contributed by atoms with Crippen LogP contribution in [0.3, 0.4) is 0 Å². The highest BCUT2D eigenvalue weighted by molar-refractivity contribution is 7.80. The predicted octanol–water partition coefficient (Wildman–Crippen LogP) is -1.61. The van der Waals surface area contributed by atoms with Crippen LogP contribution in [0, 0.1) is 5.92 Å². The summed E-state index contributed by atoms with van der Waals surface area (Å²) in [6.45, 7) is 3.07. The number of nitrogens with one attached hydrogen (secondary N) is 3. The van der Waals surface area contributed by atoms with E-state index in [9.17, 15) is 53.1 Å². The number of aliphatic hydroxyl groups is 2. The maximum absolute atomic E-state index is 12.5. The highest BCUT2D eigenvalue weighted by Gasteiger charge is 2.50. The van der Waals surface area contributed by atoms with Gasteiger partial charge in [0.05, 0.1) is 25.2 Å². The summed E-state index contributed by atoms with van der Waals surface area (Å²) in [6.07, 6.45) is -7.62. The first-order valence-electron chi connectivity index (χ1n) is 13.5. The van der Waals surface area contributed by atoms with Gasteiger partial charge in [-0.2, -0.15) is 16.9 Å². The largest absolute Gasteiger partial charge is 0.481 e. The minimum atomic E-state index is -5.51. The quantitative estimate of drug-likeness (QED) is 0.0526. The summed E-state index contributed by atoms with van der Waals surface area (Å²) in [6, 6.07) is 0. The van der Waals surface area contributed by atoms with Gasteiger partial charge in [0.25, 0.3) is 0 Å². The monoisotopic (exact) mass is 756 g/mol. The average molecular weight is 757 g/mol. The second kappa shape index (κ2) is 17.7. The zero-order chi connectivity index (χ0) is 35.7. The molecule has 0 bridgehead atoms. The first-order valence-corrected chi connectivity index (χ1v) is 18.6. The van der Waals surface area contributed by atoms with E-state index in [-0.39, 0.29) is 36.1 Å². The molecule has 11 N–H and O–H groups in total. The lowest BCUT2D eigenvalue weighted by Gasteiger charge is -2.23. The smallest absolute Gasteiger partial charge is 0.397 e. The Kier molecular flexibility index (Phi) is 15.5. The van der Waals surface area contributed by atoms with E-state index in [0.29, 0.717) is 12.3 Å². The normalized spacial score (nSPS) is 23.7. The molecule has 22 nitrogen and oxygen atoms in total. The lowest BCUT2D eigenvalue weighted by molar-refractivity contribution is -0.132. The Hall–Kier alpha value is -1.91. The number of ether oxygens (including phenoxy) is 1. The van der Waals surface area contributed by atoms with Crippen molar-refractivity contribution in [2.24, 2.45) is 11.7 Å². The number of phosphoric ester groups is 3. The standard InChI is InChI=1S/C21H39N6O16P3S/c1-11(16(29)20(31)25-5-4-14(28)24-6-7-47)8-39-45(35,36)43-46(37,38)40-9-13-18(42-44(32,33)34)17(30)21(41-13)27-10-26-15(12(2)22)19(27)23-3/h10-11,13,16-18,21,23,29-30,47H,2,4-9,22H2,1,3H3,(H,24,28)(H,25,31)(H,35,36)(H,37,38)(H2,32,33,34)/t11-,13?,16?,17?,18?,21?/m0/s1. The molecular formula is C21H39N6O16P3S. The van der Waals surface area contributed by atoms with Gasteiger partial charge in [0, 0.05) is 38.2 Å². The van der Waals surface area contributed by atoms with Crippen molar-refractivity contribution >= 4 is 59.4 Å². The van der Waals surface area contributed by atoms with Gasteiger partial charge in [-0.25, -0.2) is 18.7 Å². The van der Waals surface area contributed by atoms with Crippen molar-refractivity contribution in [2.45, 2.75) is 44.0 Å². The summed E-state index contributed by atoms with van der Waals surface area (Å²) in [5, 5.41) is 28.5. The molecule has 0 radical (unpaired) electrons. The van der Waals surface area contributed by atoms with Gasteiger partial charge in [0.15, 0.2) is 6.23 Å². The number of aromatic nitrogens is 2. The lowest BCUT2D eigenvalue weighted by atomic mass is 10.1. The number of carbonyl (C=O) groups excluding carboxylic acids is 2. The molecule has 0 saturated carbocycles. The van der Waals surface area contributed by atoms with Gasteiger partial charge >= 0.3 is 23.5 Å². The van der Waals surface area contributed by atoms with Gasteiger partial charge in [-0.05, 0) is 0 Å². The van der Waals surface area contributed by atoms with E-state index >= 15 is 0 Å². The molecule has 1 aromatic rings. The van der Waals surface area contributed by atoms with Gasteiger partial charge in [-0.3, -0.25) is 27.7 Å². The number of anilines is 1. The van der Waals surface area contributed by atoms with Gasteiger partial charge < -0.3 is 56.2 Å². The topological polar surface area (TPSA) is 333 Å². The number of thiol groups is 1. The van der Waals surface area contributed by atoms with Crippen molar-refractivity contribution in [3.63, 3.8) is 0 Å². The van der Waals surface area contributed by atoms with Crippen molar-refractivity contribution in [1.29, 1.82) is 0 Å². The summed E-state index contributed by atoms with van der Waals surface area (Å²) >= 11 is 3.94. The third kappa shape index (κ3) is 12.8. The summed E-state index contributed by atoms with van der Waals surface area (Å²) in [5.41, 5.74) is 5.86. The van der Waals surface area contributed by atoms with Crippen LogP contribution >= 0.6 is 36.1 Å². The zero-order valence-electron chi connectivity index (χ0n) is 25.0. The summed E-state index contributed by atoms with van der Waals surface area (Å²) in [7, 11) is -14.7.